The molecule has 0 aliphatic carbocycles. The summed E-state index contributed by atoms with van der Waals surface area (Å²) in [6.45, 7) is 10.5. The maximum atomic E-state index is 11.1. The van der Waals surface area contributed by atoms with Gasteiger partial charge in [0.15, 0.2) is 14.6 Å². The van der Waals surface area contributed by atoms with Gasteiger partial charge in [-0.05, 0) is 24.6 Å². The molecule has 5 heteroatoms. The maximum Gasteiger partial charge on any atom is 0.306 e. The van der Waals surface area contributed by atoms with E-state index in [4.69, 9.17) is 9.16 Å². The monoisotopic (exact) mass is 258 g/mol. The van der Waals surface area contributed by atoms with Crippen LogP contribution in [0.3, 0.4) is 0 Å². The van der Waals surface area contributed by atoms with Crippen molar-refractivity contribution >= 4 is 20.6 Å². The van der Waals surface area contributed by atoms with Crippen LogP contribution in [0.4, 0.5) is 0 Å². The first kappa shape index (κ1) is 14.4. The number of hydrogen-bond acceptors (Lipinski definition) is 4. The van der Waals surface area contributed by atoms with E-state index in [-0.39, 0.29) is 11.0 Å². The lowest BCUT2D eigenvalue weighted by Gasteiger charge is -2.38. The first-order valence-corrected chi connectivity index (χ1v) is 8.91. The third kappa shape index (κ3) is 3.39. The highest BCUT2D eigenvalue weighted by Gasteiger charge is 2.42. The molecule has 0 aromatic rings. The number of ether oxygens (including phenoxy) is 1. The molecular weight excluding hydrogens is 236 g/mol. The van der Waals surface area contributed by atoms with E-state index in [1.807, 2.05) is 0 Å². The van der Waals surface area contributed by atoms with Gasteiger partial charge in [0, 0.05) is 6.42 Å². The Kier molecular flexibility index (Phi) is 4.14. The summed E-state index contributed by atoms with van der Waals surface area (Å²) in [4.78, 5) is 22.2. The van der Waals surface area contributed by atoms with Gasteiger partial charge in [0.2, 0.25) is 0 Å². The molecule has 0 bridgehead atoms. The van der Waals surface area contributed by atoms with Crippen LogP contribution in [0.25, 0.3) is 0 Å². The number of esters is 1. The van der Waals surface area contributed by atoms with E-state index in [9.17, 15) is 9.59 Å². The SMILES string of the molecule is CC(C)(C)[Si](C)(C)OC(C=O)C1CCC(=O)O1. The summed E-state index contributed by atoms with van der Waals surface area (Å²) in [5.74, 6) is -0.235. The molecule has 2 atom stereocenters. The summed E-state index contributed by atoms with van der Waals surface area (Å²) in [5.41, 5.74) is 0. The van der Waals surface area contributed by atoms with E-state index < -0.39 is 20.5 Å². The van der Waals surface area contributed by atoms with Crippen LogP contribution in [0.5, 0.6) is 0 Å². The van der Waals surface area contributed by atoms with Gasteiger partial charge >= 0.3 is 5.97 Å². The number of carbonyl (C=O) groups is 2. The van der Waals surface area contributed by atoms with Crippen LogP contribution >= 0.6 is 0 Å². The molecule has 1 aliphatic rings. The summed E-state index contributed by atoms with van der Waals surface area (Å²) < 4.78 is 11.1. The highest BCUT2D eigenvalue weighted by molar-refractivity contribution is 6.74. The van der Waals surface area contributed by atoms with Crippen LogP contribution in [-0.2, 0) is 18.8 Å². The minimum Gasteiger partial charge on any atom is -0.459 e. The van der Waals surface area contributed by atoms with Gasteiger partial charge in [0.25, 0.3) is 0 Å². The van der Waals surface area contributed by atoms with Gasteiger partial charge in [-0.1, -0.05) is 20.8 Å². The van der Waals surface area contributed by atoms with E-state index in [0.29, 0.717) is 12.8 Å². The standard InChI is InChI=1S/C12H22O4Si/c1-12(2,3)17(4,5)16-10(8-13)9-6-7-11(14)15-9/h8-10H,6-7H2,1-5H3. The average molecular weight is 258 g/mol. The number of rotatable bonds is 4. The predicted octanol–water partition coefficient (Wildman–Crippen LogP) is 2.28. The molecule has 4 nitrogen and oxygen atoms in total. The van der Waals surface area contributed by atoms with Gasteiger partial charge in [0.1, 0.15) is 12.2 Å². The van der Waals surface area contributed by atoms with Crippen molar-refractivity contribution in [3.63, 3.8) is 0 Å². The number of carbonyl (C=O) groups excluding carboxylic acids is 2. The molecule has 1 saturated heterocycles. The summed E-state index contributed by atoms with van der Waals surface area (Å²) in [7, 11) is -2.00. The van der Waals surface area contributed by atoms with Gasteiger partial charge in [-0.25, -0.2) is 0 Å². The highest BCUT2D eigenvalue weighted by Crippen LogP contribution is 2.38. The third-order valence-electron chi connectivity index (χ3n) is 3.65. The van der Waals surface area contributed by atoms with Crippen LogP contribution in [0.15, 0.2) is 0 Å². The zero-order valence-electron chi connectivity index (χ0n) is 11.3. The van der Waals surface area contributed by atoms with Gasteiger partial charge in [-0.2, -0.15) is 0 Å². The van der Waals surface area contributed by atoms with Crippen LogP contribution in [0.1, 0.15) is 33.6 Å². The van der Waals surface area contributed by atoms with Gasteiger partial charge in [-0.3, -0.25) is 4.79 Å². The molecule has 1 aliphatic heterocycles. The lowest BCUT2D eigenvalue weighted by Crippen LogP contribution is -2.47. The Morgan fingerprint density at radius 2 is 2.06 bits per heavy atom. The molecule has 0 N–H and O–H groups in total. The third-order valence-corrected chi connectivity index (χ3v) is 8.13. The molecule has 0 saturated carbocycles. The zero-order chi connectivity index (χ0) is 13.3. The van der Waals surface area contributed by atoms with E-state index in [2.05, 4.69) is 33.9 Å². The summed E-state index contributed by atoms with van der Waals surface area (Å²) in [6, 6.07) is 0. The normalized spacial score (nSPS) is 23.4. The first-order chi connectivity index (χ1) is 7.67. The Labute approximate surface area is 104 Å². The molecule has 2 unspecified atom stereocenters. The smallest absolute Gasteiger partial charge is 0.306 e. The van der Waals surface area contributed by atoms with Gasteiger partial charge < -0.3 is 14.0 Å². The van der Waals surface area contributed by atoms with Crippen molar-refractivity contribution in [1.82, 2.24) is 0 Å². The van der Waals surface area contributed by atoms with E-state index in [0.717, 1.165) is 6.29 Å². The van der Waals surface area contributed by atoms with Crippen LogP contribution in [0, 0.1) is 0 Å². The minimum absolute atomic E-state index is 0.0386. The van der Waals surface area contributed by atoms with Crippen molar-refractivity contribution in [2.24, 2.45) is 0 Å². The minimum atomic E-state index is -2.00. The average Bonchev–Trinajstić information content (AvgIpc) is 2.59. The van der Waals surface area contributed by atoms with E-state index in [1.54, 1.807) is 0 Å². The van der Waals surface area contributed by atoms with Crippen molar-refractivity contribution < 1.29 is 18.8 Å². The molecule has 1 rings (SSSR count). The molecule has 0 radical (unpaired) electrons. The molecule has 0 aromatic heterocycles. The Balaban J connectivity index is 2.70. The zero-order valence-corrected chi connectivity index (χ0v) is 12.3. The fraction of sp³-hybridized carbons (Fsp3) is 0.833. The summed E-state index contributed by atoms with van der Waals surface area (Å²) in [5, 5.41) is 0.0386. The fourth-order valence-electron chi connectivity index (χ4n) is 1.49. The Bertz CT molecular complexity index is 306. The largest absolute Gasteiger partial charge is 0.459 e. The second kappa shape index (κ2) is 4.90. The van der Waals surface area contributed by atoms with Crippen LogP contribution in [-0.4, -0.2) is 32.8 Å². The molecular formula is C12H22O4Si. The van der Waals surface area contributed by atoms with Crippen LogP contribution in [0.2, 0.25) is 18.1 Å². The molecule has 1 fully saturated rings. The lowest BCUT2D eigenvalue weighted by molar-refractivity contribution is -0.145. The Morgan fingerprint density at radius 3 is 2.41 bits per heavy atom. The quantitative estimate of drug-likeness (QED) is 0.441. The predicted molar refractivity (Wildman–Crippen MR) is 67.2 cm³/mol. The summed E-state index contributed by atoms with van der Waals surface area (Å²) >= 11 is 0. The van der Waals surface area contributed by atoms with Gasteiger partial charge in [-0.15, -0.1) is 0 Å². The topological polar surface area (TPSA) is 52.6 Å². The second-order valence-corrected chi connectivity index (χ2v) is 10.8. The second-order valence-electron chi connectivity index (χ2n) is 6.05. The molecule has 98 valence electrons. The van der Waals surface area contributed by atoms with Crippen molar-refractivity contribution in [3.05, 3.63) is 0 Å². The molecule has 17 heavy (non-hydrogen) atoms. The summed E-state index contributed by atoms with van der Waals surface area (Å²) in [6.07, 6.45) is 0.729. The van der Waals surface area contributed by atoms with Crippen LogP contribution < -0.4 is 0 Å². The van der Waals surface area contributed by atoms with Crippen molar-refractivity contribution in [3.8, 4) is 0 Å². The highest BCUT2D eigenvalue weighted by atomic mass is 28.4. The fourth-order valence-corrected chi connectivity index (χ4v) is 2.73. The lowest BCUT2D eigenvalue weighted by atomic mass is 10.1. The van der Waals surface area contributed by atoms with Crippen molar-refractivity contribution in [1.29, 1.82) is 0 Å². The van der Waals surface area contributed by atoms with Crippen molar-refractivity contribution in [2.45, 2.75) is 64.0 Å². The van der Waals surface area contributed by atoms with E-state index in [1.165, 1.54) is 0 Å². The van der Waals surface area contributed by atoms with Gasteiger partial charge in [0.05, 0.1) is 0 Å². The Hall–Kier alpha value is -0.683. The first-order valence-electron chi connectivity index (χ1n) is 6.00. The molecule has 1 heterocycles. The number of aldehydes is 1. The van der Waals surface area contributed by atoms with Crippen molar-refractivity contribution in [2.75, 3.05) is 0 Å². The molecule has 0 aromatic carbocycles. The number of cyclic esters (lactones) is 1. The maximum absolute atomic E-state index is 11.1. The molecule has 0 spiro atoms. The van der Waals surface area contributed by atoms with E-state index >= 15 is 0 Å². The molecule has 0 amide bonds. The Morgan fingerprint density at radius 1 is 1.47 bits per heavy atom. The number of hydrogen-bond donors (Lipinski definition) is 0.